The molecule has 0 unspecified atom stereocenters. The lowest BCUT2D eigenvalue weighted by Gasteiger charge is -2.23. The minimum Gasteiger partial charge on any atom is -0.330 e. The normalized spacial score (nSPS) is 17.0. The number of benzene rings is 1. The van der Waals surface area contributed by atoms with Crippen molar-refractivity contribution >= 4 is 5.91 Å². The number of nitrogens with zero attached hydrogens (tertiary/aromatic N) is 2. The molecule has 1 aromatic heterocycles. The van der Waals surface area contributed by atoms with Crippen LogP contribution in [0.3, 0.4) is 0 Å². The molecule has 26 heavy (non-hydrogen) atoms. The van der Waals surface area contributed by atoms with Gasteiger partial charge in [0.05, 0.1) is 5.56 Å². The molecule has 1 saturated carbocycles. The van der Waals surface area contributed by atoms with Crippen molar-refractivity contribution < 1.29 is 18.0 Å². The summed E-state index contributed by atoms with van der Waals surface area (Å²) in [4.78, 5) is 14.8. The lowest BCUT2D eigenvalue weighted by molar-refractivity contribution is -0.137. The van der Waals surface area contributed by atoms with Crippen LogP contribution in [0.5, 0.6) is 0 Å². The lowest BCUT2D eigenvalue weighted by Crippen LogP contribution is -2.34. The Hall–Kier alpha value is -2.35. The maximum atomic E-state index is 13.0. The Morgan fingerprint density at radius 2 is 1.96 bits per heavy atom. The van der Waals surface area contributed by atoms with Crippen molar-refractivity contribution in [2.24, 2.45) is 0 Å². The SMILES string of the molecule is O=C(c1n[nH]c2c1CNCC2)N(Cc1ccc(C(F)(F)F)cc1)C1CC1. The van der Waals surface area contributed by atoms with Crippen molar-refractivity contribution in [3.63, 3.8) is 0 Å². The molecule has 0 spiro atoms. The van der Waals surface area contributed by atoms with E-state index in [0.29, 0.717) is 17.8 Å². The molecule has 1 aliphatic heterocycles. The summed E-state index contributed by atoms with van der Waals surface area (Å²) in [5.41, 5.74) is 2.31. The molecule has 2 aromatic rings. The van der Waals surface area contributed by atoms with E-state index in [1.165, 1.54) is 12.1 Å². The Labute approximate surface area is 148 Å². The highest BCUT2D eigenvalue weighted by Gasteiger charge is 2.36. The molecule has 1 aromatic carbocycles. The van der Waals surface area contributed by atoms with Crippen molar-refractivity contribution in [2.75, 3.05) is 6.54 Å². The number of fused-ring (bicyclic) bond motifs is 1. The average Bonchev–Trinajstić information content (AvgIpc) is 3.37. The van der Waals surface area contributed by atoms with Gasteiger partial charge < -0.3 is 10.2 Å². The smallest absolute Gasteiger partial charge is 0.330 e. The van der Waals surface area contributed by atoms with E-state index in [9.17, 15) is 18.0 Å². The predicted octanol–water partition coefficient (Wildman–Crippen LogP) is 2.88. The van der Waals surface area contributed by atoms with Crippen LogP contribution in [0.4, 0.5) is 13.2 Å². The summed E-state index contributed by atoms with van der Waals surface area (Å²) in [5, 5.41) is 10.4. The van der Waals surface area contributed by atoms with Gasteiger partial charge in [0.2, 0.25) is 0 Å². The fourth-order valence-electron chi connectivity index (χ4n) is 3.29. The van der Waals surface area contributed by atoms with Gasteiger partial charge in [-0.3, -0.25) is 9.89 Å². The maximum absolute atomic E-state index is 13.0. The number of carbonyl (C=O) groups excluding carboxylic acids is 1. The number of hydrogen-bond donors (Lipinski definition) is 2. The molecule has 0 bridgehead atoms. The summed E-state index contributed by atoms with van der Waals surface area (Å²) >= 11 is 0. The number of nitrogens with one attached hydrogen (secondary N) is 2. The van der Waals surface area contributed by atoms with E-state index in [1.54, 1.807) is 4.90 Å². The maximum Gasteiger partial charge on any atom is 0.416 e. The van der Waals surface area contributed by atoms with Crippen LogP contribution in [0, 0.1) is 0 Å². The summed E-state index contributed by atoms with van der Waals surface area (Å²) in [7, 11) is 0. The number of alkyl halides is 3. The van der Waals surface area contributed by atoms with Crippen LogP contribution < -0.4 is 5.32 Å². The van der Waals surface area contributed by atoms with Gasteiger partial charge in [0.25, 0.3) is 5.91 Å². The number of aromatic amines is 1. The van der Waals surface area contributed by atoms with Gasteiger partial charge in [-0.05, 0) is 30.5 Å². The number of amides is 1. The number of aromatic nitrogens is 2. The minimum atomic E-state index is -4.36. The van der Waals surface area contributed by atoms with Crippen molar-refractivity contribution in [3.05, 3.63) is 52.3 Å². The summed E-state index contributed by atoms with van der Waals surface area (Å²) in [5.74, 6) is -0.159. The molecule has 8 heteroatoms. The topological polar surface area (TPSA) is 61.0 Å². The Morgan fingerprint density at radius 1 is 1.23 bits per heavy atom. The highest BCUT2D eigenvalue weighted by atomic mass is 19.4. The first-order valence-electron chi connectivity index (χ1n) is 8.67. The molecule has 1 amide bonds. The third-order valence-corrected chi connectivity index (χ3v) is 4.89. The van der Waals surface area contributed by atoms with E-state index in [2.05, 4.69) is 15.5 Å². The standard InChI is InChI=1S/C18H19F3N4O/c19-18(20,21)12-3-1-11(2-4-12)10-25(13-5-6-13)17(26)16-14-9-22-8-7-15(14)23-24-16/h1-4,13,22H,5-10H2,(H,23,24). The lowest BCUT2D eigenvalue weighted by atomic mass is 10.1. The van der Waals surface area contributed by atoms with Gasteiger partial charge >= 0.3 is 6.18 Å². The third-order valence-electron chi connectivity index (χ3n) is 4.89. The van der Waals surface area contributed by atoms with Crippen molar-refractivity contribution in [1.82, 2.24) is 20.4 Å². The van der Waals surface area contributed by atoms with Crippen LogP contribution in [0.15, 0.2) is 24.3 Å². The number of rotatable bonds is 4. The zero-order chi connectivity index (χ0) is 18.3. The quantitative estimate of drug-likeness (QED) is 0.877. The second-order valence-corrected chi connectivity index (χ2v) is 6.82. The van der Waals surface area contributed by atoms with Gasteiger partial charge in [-0.2, -0.15) is 18.3 Å². The van der Waals surface area contributed by atoms with Crippen LogP contribution in [0.25, 0.3) is 0 Å². The predicted molar refractivity (Wildman–Crippen MR) is 88.3 cm³/mol. The van der Waals surface area contributed by atoms with Crippen LogP contribution in [0.1, 0.15) is 45.7 Å². The van der Waals surface area contributed by atoms with E-state index < -0.39 is 11.7 Å². The van der Waals surface area contributed by atoms with Crippen LogP contribution >= 0.6 is 0 Å². The second-order valence-electron chi connectivity index (χ2n) is 6.82. The molecule has 0 atom stereocenters. The minimum absolute atomic E-state index is 0.133. The number of carbonyl (C=O) groups is 1. The molecule has 1 aliphatic carbocycles. The Balaban J connectivity index is 1.55. The van der Waals surface area contributed by atoms with Crippen molar-refractivity contribution in [2.45, 2.75) is 44.6 Å². The molecule has 1 fully saturated rings. The van der Waals surface area contributed by atoms with E-state index in [1.807, 2.05) is 0 Å². The molecule has 0 radical (unpaired) electrons. The first kappa shape index (κ1) is 17.1. The molecular weight excluding hydrogens is 345 g/mol. The van der Waals surface area contributed by atoms with Gasteiger partial charge in [0, 0.05) is 43.4 Å². The molecule has 138 valence electrons. The van der Waals surface area contributed by atoms with E-state index >= 15 is 0 Å². The molecular formula is C18H19F3N4O. The summed E-state index contributed by atoms with van der Waals surface area (Å²) in [6.07, 6.45) is -1.72. The molecule has 0 saturated heterocycles. The number of hydrogen-bond acceptors (Lipinski definition) is 3. The van der Waals surface area contributed by atoms with Gasteiger partial charge in [0.1, 0.15) is 0 Å². The summed E-state index contributed by atoms with van der Waals surface area (Å²) < 4.78 is 38.1. The first-order chi connectivity index (χ1) is 12.4. The third kappa shape index (κ3) is 3.33. The highest BCUT2D eigenvalue weighted by Crippen LogP contribution is 2.32. The largest absolute Gasteiger partial charge is 0.416 e. The van der Waals surface area contributed by atoms with Gasteiger partial charge in [-0.25, -0.2) is 0 Å². The van der Waals surface area contributed by atoms with Gasteiger partial charge in [0.15, 0.2) is 5.69 Å². The highest BCUT2D eigenvalue weighted by molar-refractivity contribution is 5.94. The fourth-order valence-corrected chi connectivity index (χ4v) is 3.29. The fraction of sp³-hybridized carbons (Fsp3) is 0.444. The molecule has 2 N–H and O–H groups in total. The van der Waals surface area contributed by atoms with Crippen LogP contribution in [0.2, 0.25) is 0 Å². The second kappa shape index (κ2) is 6.42. The first-order valence-corrected chi connectivity index (χ1v) is 8.67. The zero-order valence-electron chi connectivity index (χ0n) is 14.1. The van der Waals surface area contributed by atoms with Gasteiger partial charge in [-0.1, -0.05) is 12.1 Å². The summed E-state index contributed by atoms with van der Waals surface area (Å²) in [6.45, 7) is 1.74. The van der Waals surface area contributed by atoms with E-state index in [4.69, 9.17) is 0 Å². The Bertz CT molecular complexity index is 809. The molecule has 2 aliphatic rings. The number of halogens is 3. The van der Waals surface area contributed by atoms with Gasteiger partial charge in [-0.15, -0.1) is 0 Å². The van der Waals surface area contributed by atoms with Crippen LogP contribution in [-0.4, -0.2) is 33.6 Å². The van der Waals surface area contributed by atoms with E-state index in [0.717, 1.165) is 49.2 Å². The van der Waals surface area contributed by atoms with E-state index in [-0.39, 0.29) is 18.5 Å². The molecule has 5 nitrogen and oxygen atoms in total. The zero-order valence-corrected chi connectivity index (χ0v) is 14.1. The molecule has 4 rings (SSSR count). The number of H-pyrrole nitrogens is 1. The van der Waals surface area contributed by atoms with Crippen molar-refractivity contribution in [1.29, 1.82) is 0 Å². The monoisotopic (exact) mass is 364 g/mol. The Kier molecular flexibility index (Phi) is 4.22. The van der Waals surface area contributed by atoms with Crippen LogP contribution in [-0.2, 0) is 25.7 Å². The summed E-state index contributed by atoms with van der Waals surface area (Å²) in [6, 6.07) is 5.13. The Morgan fingerprint density at radius 3 is 2.62 bits per heavy atom. The average molecular weight is 364 g/mol. The molecule has 2 heterocycles. The van der Waals surface area contributed by atoms with Crippen molar-refractivity contribution in [3.8, 4) is 0 Å².